The van der Waals surface area contributed by atoms with Gasteiger partial charge in [-0.15, -0.1) is 0 Å². The molecular weight excluding hydrogens is 1010 g/mol. The van der Waals surface area contributed by atoms with E-state index >= 15 is 14.0 Å². The first-order valence-corrected chi connectivity index (χ1v) is 24.7. The third-order valence-corrected chi connectivity index (χ3v) is 12.5. The number of carbonyl (C=O) groups excluding carboxylic acids is 2. The molecule has 22 nitrogen and oxygen atoms in total. The van der Waals surface area contributed by atoms with Crippen LogP contribution in [0.25, 0.3) is 67.2 Å². The number of nitrogens with one attached hydrogen (secondary N) is 4. The number of aromatic amines is 2. The molecule has 8 heterocycles. The second-order valence-corrected chi connectivity index (χ2v) is 18.5. The lowest BCUT2D eigenvalue weighted by atomic mass is 10.1. The summed E-state index contributed by atoms with van der Waals surface area (Å²) in [5, 5.41) is 31.3. The molecule has 79 heavy (non-hydrogen) atoms. The largest absolute Gasteiger partial charge is 0.457 e. The number of pyridine rings is 2. The van der Waals surface area contributed by atoms with E-state index in [1.165, 1.54) is 24.9 Å². The van der Waals surface area contributed by atoms with E-state index in [0.29, 0.717) is 78.9 Å². The van der Waals surface area contributed by atoms with Crippen molar-refractivity contribution in [3.63, 3.8) is 0 Å². The van der Waals surface area contributed by atoms with E-state index in [4.69, 9.17) is 28.5 Å². The number of H-pyrrole nitrogens is 2. The first-order valence-electron chi connectivity index (χ1n) is 24.7. The number of carbonyl (C=O) groups is 2. The van der Waals surface area contributed by atoms with Crippen LogP contribution in [0.2, 0.25) is 0 Å². The predicted octanol–water partition coefficient (Wildman–Crippen LogP) is 12.8. The number of halogens is 1. The average Bonchev–Trinajstić information content (AvgIpc) is 4.39. The summed E-state index contributed by atoms with van der Waals surface area (Å²) < 4.78 is 44.4. The summed E-state index contributed by atoms with van der Waals surface area (Å²) in [5.41, 5.74) is 7.07. The summed E-state index contributed by atoms with van der Waals surface area (Å²) in [7, 11) is 0. The first kappa shape index (κ1) is 48.9. The number of oxazole rings is 2. The van der Waals surface area contributed by atoms with Crippen molar-refractivity contribution in [1.82, 2.24) is 59.9 Å². The molecule has 0 saturated heterocycles. The van der Waals surface area contributed by atoms with Gasteiger partial charge in [0.05, 0.1) is 40.8 Å². The molecule has 0 aliphatic carbocycles. The lowest BCUT2D eigenvalue weighted by molar-refractivity contribution is 0.248. The molecule has 0 radical (unpaired) electrons. The van der Waals surface area contributed by atoms with Crippen LogP contribution in [-0.2, 0) is 0 Å². The highest BCUT2D eigenvalue weighted by molar-refractivity contribution is 6.14. The SMILES string of the molecule is CC(C)n1cc(NC(=O)N(c2ccc(Oc3ccnc(-c4cn[nH]c4)c3)cc2)N(C(=O)Nc2cn(C(C)C)nc2-c2ccc3ocnc3c2)c2ccc(Oc3ccnc(-c4cn[nH]c4)c3)cc2F)c(-c2ccc3ocnc3c2)n1. The molecule has 4 amide bonds. The van der Waals surface area contributed by atoms with E-state index in [1.54, 1.807) is 144 Å². The molecule has 0 saturated carbocycles. The Morgan fingerprint density at radius 1 is 0.570 bits per heavy atom. The maximum Gasteiger partial charge on any atom is 0.346 e. The normalized spacial score (nSPS) is 11.4. The number of ether oxygens (including phenoxy) is 2. The molecule has 8 aromatic heterocycles. The highest BCUT2D eigenvalue weighted by Gasteiger charge is 2.34. The number of urea groups is 2. The molecule has 0 bridgehead atoms. The van der Waals surface area contributed by atoms with Gasteiger partial charge in [-0.1, -0.05) is 0 Å². The molecule has 4 N–H and O–H groups in total. The molecule has 12 rings (SSSR count). The van der Waals surface area contributed by atoms with Crippen molar-refractivity contribution in [2.24, 2.45) is 0 Å². The molecule has 4 aromatic carbocycles. The van der Waals surface area contributed by atoms with Crippen molar-refractivity contribution in [3.8, 4) is 68.0 Å². The Morgan fingerprint density at radius 2 is 1.06 bits per heavy atom. The maximum atomic E-state index is 17.5. The monoisotopic (exact) mass is 1060 g/mol. The van der Waals surface area contributed by atoms with E-state index in [-0.39, 0.29) is 40.6 Å². The zero-order valence-electron chi connectivity index (χ0n) is 42.4. The molecule has 0 fully saturated rings. The number of benzene rings is 4. The lowest BCUT2D eigenvalue weighted by Crippen LogP contribution is -2.54. The zero-order valence-corrected chi connectivity index (χ0v) is 42.4. The Balaban J connectivity index is 0.976. The molecule has 0 unspecified atom stereocenters. The van der Waals surface area contributed by atoms with Gasteiger partial charge in [0.15, 0.2) is 29.8 Å². The minimum absolute atomic E-state index is 0.0778. The van der Waals surface area contributed by atoms with Crippen molar-refractivity contribution in [2.45, 2.75) is 39.8 Å². The molecule has 23 heteroatoms. The summed E-state index contributed by atoms with van der Waals surface area (Å²) in [6, 6.07) is 25.5. The van der Waals surface area contributed by atoms with Crippen LogP contribution in [-0.4, -0.2) is 72.0 Å². The van der Waals surface area contributed by atoms with Crippen LogP contribution in [0, 0.1) is 5.82 Å². The summed E-state index contributed by atoms with van der Waals surface area (Å²) in [5.74, 6) is 0.309. The number of aromatic nitrogens is 12. The number of amides is 4. The Morgan fingerprint density at radius 3 is 1.56 bits per heavy atom. The van der Waals surface area contributed by atoms with Gasteiger partial charge in [0.25, 0.3) is 0 Å². The van der Waals surface area contributed by atoms with Gasteiger partial charge in [-0.3, -0.25) is 29.5 Å². The van der Waals surface area contributed by atoms with Gasteiger partial charge in [-0.05, 0) is 113 Å². The first-order chi connectivity index (χ1) is 38.5. The van der Waals surface area contributed by atoms with Crippen LogP contribution in [0.4, 0.5) is 36.7 Å². The van der Waals surface area contributed by atoms with Crippen molar-refractivity contribution >= 4 is 57.0 Å². The Labute approximate surface area is 447 Å². The van der Waals surface area contributed by atoms with Gasteiger partial charge >= 0.3 is 12.1 Å². The number of hydrazine groups is 1. The number of fused-ring (bicyclic) bond motifs is 2. The quantitative estimate of drug-likeness (QED) is 0.0739. The molecule has 0 aliphatic heterocycles. The highest BCUT2D eigenvalue weighted by Crippen LogP contribution is 2.37. The van der Waals surface area contributed by atoms with Crippen LogP contribution < -0.4 is 30.1 Å². The summed E-state index contributed by atoms with van der Waals surface area (Å²) in [6.07, 6.45) is 15.8. The van der Waals surface area contributed by atoms with Gasteiger partial charge in [0, 0.05) is 89.7 Å². The van der Waals surface area contributed by atoms with Crippen LogP contribution in [0.3, 0.4) is 0 Å². The smallest absolute Gasteiger partial charge is 0.346 e. The maximum absolute atomic E-state index is 17.5. The predicted molar refractivity (Wildman–Crippen MR) is 291 cm³/mol. The van der Waals surface area contributed by atoms with E-state index < -0.39 is 17.9 Å². The minimum atomic E-state index is -0.966. The summed E-state index contributed by atoms with van der Waals surface area (Å²) >= 11 is 0. The standard InChI is InChI=1S/C56H45FN16O6/c1-32(2)70-28-48(53(68-70)34-5-13-51-46(19-34)60-30-76-51)66-55(74)72(38-7-9-39(10-8-38)78-41-15-17-58-44(22-41)36-24-62-63-25-36)73(50-12-11-40(21-43(50)57)79-42-16-18-59-45(23-42)37-26-64-65-27-37)56(75)67-49-29-71(33(3)4)69-54(49)35-6-14-52-47(20-35)61-31-77-52/h5-33H,1-4H3,(H,62,63)(H,64,65)(H,66,74)(H,67,75). The zero-order chi connectivity index (χ0) is 54.1. The number of hydrogen-bond donors (Lipinski definition) is 4. The van der Waals surface area contributed by atoms with Crippen molar-refractivity contribution in [3.05, 3.63) is 171 Å². The van der Waals surface area contributed by atoms with Crippen molar-refractivity contribution < 1.29 is 32.3 Å². The Bertz CT molecular complexity index is 4150. The van der Waals surface area contributed by atoms with Crippen LogP contribution >= 0.6 is 0 Å². The van der Waals surface area contributed by atoms with Gasteiger partial charge in [0.2, 0.25) is 0 Å². The van der Waals surface area contributed by atoms with E-state index in [9.17, 15) is 0 Å². The highest BCUT2D eigenvalue weighted by atomic mass is 19.1. The summed E-state index contributed by atoms with van der Waals surface area (Å²) in [6.45, 7) is 7.76. The fraction of sp³-hybridized carbons (Fsp3) is 0.107. The average molecular weight is 1060 g/mol. The van der Waals surface area contributed by atoms with Gasteiger partial charge in [0.1, 0.15) is 51.1 Å². The molecular formula is C56H45FN16O6. The van der Waals surface area contributed by atoms with E-state index in [1.807, 2.05) is 27.7 Å². The number of nitrogens with zero attached hydrogens (tertiary/aromatic N) is 12. The number of rotatable bonds is 14. The summed E-state index contributed by atoms with van der Waals surface area (Å²) in [4.78, 5) is 48.8. The van der Waals surface area contributed by atoms with Gasteiger partial charge < -0.3 is 28.9 Å². The fourth-order valence-electron chi connectivity index (χ4n) is 8.60. The van der Waals surface area contributed by atoms with Crippen LogP contribution in [0.5, 0.6) is 23.0 Å². The Kier molecular flexibility index (Phi) is 12.8. The molecule has 0 aliphatic rings. The van der Waals surface area contributed by atoms with Gasteiger partial charge in [-0.25, -0.2) is 23.9 Å². The number of anilines is 4. The lowest BCUT2D eigenvalue weighted by Gasteiger charge is -2.35. The van der Waals surface area contributed by atoms with Crippen molar-refractivity contribution in [2.75, 3.05) is 20.7 Å². The number of hydrogen-bond acceptors (Lipinski definition) is 14. The van der Waals surface area contributed by atoms with Crippen LogP contribution in [0.15, 0.2) is 174 Å². The van der Waals surface area contributed by atoms with Gasteiger partial charge in [-0.2, -0.15) is 30.4 Å². The topological polar surface area (TPSA) is 254 Å². The third-order valence-electron chi connectivity index (χ3n) is 12.5. The molecule has 392 valence electrons. The Hall–Kier alpha value is -11.0. The minimum Gasteiger partial charge on any atom is -0.457 e. The van der Waals surface area contributed by atoms with Crippen molar-refractivity contribution in [1.29, 1.82) is 0 Å². The third kappa shape index (κ3) is 10.0. The molecule has 0 spiro atoms. The van der Waals surface area contributed by atoms with E-state index in [0.717, 1.165) is 21.6 Å². The fourth-order valence-corrected chi connectivity index (χ4v) is 8.60. The molecule has 0 atom stereocenters. The van der Waals surface area contributed by atoms with E-state index in [2.05, 4.69) is 51.0 Å². The second-order valence-electron chi connectivity index (χ2n) is 18.5. The molecule has 12 aromatic rings. The van der Waals surface area contributed by atoms with Crippen LogP contribution in [0.1, 0.15) is 39.8 Å². The second kappa shape index (κ2) is 20.6.